The van der Waals surface area contributed by atoms with Crippen molar-refractivity contribution >= 4 is 40.1 Å². The van der Waals surface area contributed by atoms with Gasteiger partial charge in [0.2, 0.25) is 0 Å². The molecule has 1 aliphatic heterocycles. The largest absolute Gasteiger partial charge is 0.508 e. The van der Waals surface area contributed by atoms with Crippen LogP contribution in [0.3, 0.4) is 0 Å². The molecule has 0 saturated heterocycles. The standard InChI is InChI=1S/C25H22IN3O5/c1-3-12-34-17-7-4-15(5-8-17)24(31)28-29-23(20-14-18(33-2)9-11-22(20)30)27-21-10-6-16(26)13-19(21)25(29)32/h3-11,13-14,23,27,30H,1,12H2,2H3,(H,28,31). The van der Waals surface area contributed by atoms with Gasteiger partial charge in [-0.2, -0.15) is 0 Å². The third-order valence-corrected chi connectivity index (χ3v) is 5.89. The molecule has 4 rings (SSSR count). The second-order valence-electron chi connectivity index (χ2n) is 7.40. The molecule has 0 spiro atoms. The van der Waals surface area contributed by atoms with Crippen LogP contribution in [0, 0.1) is 3.57 Å². The Morgan fingerprint density at radius 3 is 2.62 bits per heavy atom. The molecule has 34 heavy (non-hydrogen) atoms. The molecular weight excluding hydrogens is 549 g/mol. The molecule has 1 heterocycles. The molecule has 3 aromatic rings. The van der Waals surface area contributed by atoms with Gasteiger partial charge in [-0.3, -0.25) is 15.0 Å². The average molecular weight is 571 g/mol. The molecule has 1 aliphatic rings. The van der Waals surface area contributed by atoms with Gasteiger partial charge in [-0.05, 0) is 83.3 Å². The molecule has 174 valence electrons. The van der Waals surface area contributed by atoms with E-state index in [-0.39, 0.29) is 5.75 Å². The predicted molar refractivity (Wildman–Crippen MR) is 136 cm³/mol. The zero-order chi connectivity index (χ0) is 24.2. The zero-order valence-electron chi connectivity index (χ0n) is 18.2. The summed E-state index contributed by atoms with van der Waals surface area (Å²) in [6.45, 7) is 3.96. The Balaban J connectivity index is 1.69. The van der Waals surface area contributed by atoms with Crippen LogP contribution in [0.4, 0.5) is 5.69 Å². The van der Waals surface area contributed by atoms with Crippen molar-refractivity contribution in [1.82, 2.24) is 10.4 Å². The number of phenols is 1. The van der Waals surface area contributed by atoms with E-state index < -0.39 is 18.0 Å². The fourth-order valence-corrected chi connectivity index (χ4v) is 4.01. The quantitative estimate of drug-likeness (QED) is 0.286. The molecule has 1 atom stereocenters. The van der Waals surface area contributed by atoms with Crippen LogP contribution in [0.15, 0.2) is 73.3 Å². The van der Waals surface area contributed by atoms with Crippen molar-refractivity contribution in [3.05, 3.63) is 93.6 Å². The van der Waals surface area contributed by atoms with Gasteiger partial charge in [0.25, 0.3) is 11.8 Å². The molecule has 1 unspecified atom stereocenters. The summed E-state index contributed by atoms with van der Waals surface area (Å²) in [6.07, 6.45) is 0.747. The molecule has 0 bridgehead atoms. The minimum Gasteiger partial charge on any atom is -0.508 e. The number of ether oxygens (including phenoxy) is 2. The van der Waals surface area contributed by atoms with E-state index in [1.54, 1.807) is 54.6 Å². The Hall–Kier alpha value is -3.73. The van der Waals surface area contributed by atoms with E-state index >= 15 is 0 Å². The fraction of sp³-hybridized carbons (Fsp3) is 0.120. The molecule has 0 fully saturated rings. The molecule has 0 saturated carbocycles. The lowest BCUT2D eigenvalue weighted by Gasteiger charge is -2.38. The summed E-state index contributed by atoms with van der Waals surface area (Å²) in [4.78, 5) is 26.6. The highest BCUT2D eigenvalue weighted by Crippen LogP contribution is 2.37. The maximum atomic E-state index is 13.5. The SMILES string of the molecule is C=CCOc1ccc(C(=O)NN2C(=O)c3cc(I)ccc3NC2c2cc(OC)ccc2O)cc1. The number of amides is 2. The predicted octanol–water partition coefficient (Wildman–Crippen LogP) is 4.48. The van der Waals surface area contributed by atoms with E-state index in [1.165, 1.54) is 18.2 Å². The number of carbonyl (C=O) groups is 2. The smallest absolute Gasteiger partial charge is 0.276 e. The van der Waals surface area contributed by atoms with Crippen LogP contribution in [0.2, 0.25) is 0 Å². The van der Waals surface area contributed by atoms with Crippen LogP contribution in [0.1, 0.15) is 32.4 Å². The van der Waals surface area contributed by atoms with Gasteiger partial charge < -0.3 is 19.9 Å². The number of nitrogens with zero attached hydrogens (tertiary/aromatic N) is 1. The second-order valence-corrected chi connectivity index (χ2v) is 8.65. The van der Waals surface area contributed by atoms with Crippen LogP contribution in [-0.4, -0.2) is 35.6 Å². The lowest BCUT2D eigenvalue weighted by atomic mass is 10.0. The van der Waals surface area contributed by atoms with E-state index in [2.05, 4.69) is 39.9 Å². The molecule has 2 amide bonds. The number of methoxy groups -OCH3 is 1. The summed E-state index contributed by atoms with van der Waals surface area (Å²) < 4.78 is 11.6. The summed E-state index contributed by atoms with van der Waals surface area (Å²) in [5.41, 5.74) is 4.38. The molecule has 0 radical (unpaired) electrons. The molecule has 3 aromatic carbocycles. The summed E-state index contributed by atoms with van der Waals surface area (Å²) >= 11 is 2.12. The van der Waals surface area contributed by atoms with E-state index in [4.69, 9.17) is 9.47 Å². The van der Waals surface area contributed by atoms with Crippen LogP contribution in [0.25, 0.3) is 0 Å². The number of halogens is 1. The van der Waals surface area contributed by atoms with Crippen LogP contribution in [0.5, 0.6) is 17.2 Å². The summed E-state index contributed by atoms with van der Waals surface area (Å²) in [6, 6.07) is 16.6. The van der Waals surface area contributed by atoms with Gasteiger partial charge in [-0.1, -0.05) is 12.7 Å². The summed E-state index contributed by atoms with van der Waals surface area (Å²) in [7, 11) is 1.51. The van der Waals surface area contributed by atoms with E-state index in [9.17, 15) is 14.7 Å². The van der Waals surface area contributed by atoms with Gasteiger partial charge in [-0.15, -0.1) is 0 Å². The van der Waals surface area contributed by atoms with E-state index in [0.29, 0.717) is 40.5 Å². The number of rotatable bonds is 7. The Labute approximate surface area is 210 Å². The van der Waals surface area contributed by atoms with Crippen molar-refractivity contribution in [3.8, 4) is 17.2 Å². The number of aromatic hydroxyl groups is 1. The van der Waals surface area contributed by atoms with Crippen LogP contribution >= 0.6 is 22.6 Å². The van der Waals surface area contributed by atoms with E-state index in [1.807, 2.05) is 6.07 Å². The average Bonchev–Trinajstić information content (AvgIpc) is 2.85. The van der Waals surface area contributed by atoms with Gasteiger partial charge in [0.1, 0.15) is 23.9 Å². The van der Waals surface area contributed by atoms with Crippen LogP contribution in [-0.2, 0) is 0 Å². The Kier molecular flexibility index (Phi) is 6.92. The number of carbonyl (C=O) groups excluding carboxylic acids is 2. The van der Waals surface area contributed by atoms with Gasteiger partial charge >= 0.3 is 0 Å². The molecule has 8 nitrogen and oxygen atoms in total. The minimum absolute atomic E-state index is 0.0527. The molecular formula is C25H22IN3O5. The third-order valence-electron chi connectivity index (χ3n) is 5.22. The highest BCUT2D eigenvalue weighted by Gasteiger charge is 2.36. The van der Waals surface area contributed by atoms with Crippen molar-refractivity contribution in [2.75, 3.05) is 19.0 Å². The summed E-state index contributed by atoms with van der Waals surface area (Å²) in [5.74, 6) is 0.125. The second kappa shape index (κ2) is 10.0. The first-order valence-electron chi connectivity index (χ1n) is 10.3. The molecule has 3 N–H and O–H groups in total. The first-order valence-corrected chi connectivity index (χ1v) is 11.4. The first-order chi connectivity index (χ1) is 16.4. The Morgan fingerprint density at radius 2 is 1.91 bits per heavy atom. The van der Waals surface area contributed by atoms with Crippen molar-refractivity contribution < 1.29 is 24.2 Å². The van der Waals surface area contributed by atoms with Crippen molar-refractivity contribution in [3.63, 3.8) is 0 Å². The van der Waals surface area contributed by atoms with Crippen molar-refractivity contribution in [1.29, 1.82) is 0 Å². The molecule has 0 aliphatic carbocycles. The van der Waals surface area contributed by atoms with Gasteiger partial charge in [0, 0.05) is 20.4 Å². The Morgan fingerprint density at radius 1 is 1.18 bits per heavy atom. The first kappa shape index (κ1) is 23.4. The van der Waals surface area contributed by atoms with Gasteiger partial charge in [-0.25, -0.2) is 5.01 Å². The van der Waals surface area contributed by atoms with Crippen molar-refractivity contribution in [2.45, 2.75) is 6.17 Å². The normalized spacial score (nSPS) is 14.6. The monoisotopic (exact) mass is 571 g/mol. The topological polar surface area (TPSA) is 100 Å². The summed E-state index contributed by atoms with van der Waals surface area (Å²) in [5, 5.41) is 15.0. The number of hydrazine groups is 1. The fourth-order valence-electron chi connectivity index (χ4n) is 3.52. The third kappa shape index (κ3) is 4.79. The number of hydrogen-bond acceptors (Lipinski definition) is 6. The number of nitrogens with one attached hydrogen (secondary N) is 2. The zero-order valence-corrected chi connectivity index (χ0v) is 20.4. The lowest BCUT2D eigenvalue weighted by Crippen LogP contribution is -2.52. The number of fused-ring (bicyclic) bond motifs is 1. The minimum atomic E-state index is -0.880. The van der Waals surface area contributed by atoms with Gasteiger partial charge in [0.05, 0.1) is 12.7 Å². The molecule has 0 aromatic heterocycles. The van der Waals surface area contributed by atoms with Crippen LogP contribution < -0.4 is 20.2 Å². The highest BCUT2D eigenvalue weighted by molar-refractivity contribution is 14.1. The number of benzene rings is 3. The van der Waals surface area contributed by atoms with Crippen molar-refractivity contribution in [2.24, 2.45) is 0 Å². The number of hydrogen-bond donors (Lipinski definition) is 3. The lowest BCUT2D eigenvalue weighted by molar-refractivity contribution is 0.0488. The van der Waals surface area contributed by atoms with Gasteiger partial charge in [0.15, 0.2) is 6.17 Å². The Bertz CT molecular complexity index is 1250. The number of phenolic OH excluding ortho intramolecular Hbond substituents is 1. The molecule has 9 heteroatoms. The number of anilines is 1. The maximum Gasteiger partial charge on any atom is 0.276 e. The maximum absolute atomic E-state index is 13.5. The van der Waals surface area contributed by atoms with E-state index in [0.717, 1.165) is 3.57 Å². The highest BCUT2D eigenvalue weighted by atomic mass is 127.